The number of nitrogens with zero attached hydrogens (tertiary/aromatic N) is 2. The van der Waals surface area contributed by atoms with Crippen molar-refractivity contribution in [1.82, 2.24) is 14.6 Å². The van der Waals surface area contributed by atoms with Crippen molar-refractivity contribution in [3.63, 3.8) is 0 Å². The number of nitrogens with one attached hydrogen (secondary N) is 1. The van der Waals surface area contributed by atoms with Crippen LogP contribution < -0.4 is 22.2 Å². The molecule has 0 spiro atoms. The van der Waals surface area contributed by atoms with Crippen LogP contribution in [0, 0.1) is 0 Å². The van der Waals surface area contributed by atoms with E-state index in [2.05, 4.69) is 4.98 Å². The van der Waals surface area contributed by atoms with Crippen LogP contribution in [-0.2, 0) is 23.4 Å². The monoisotopic (exact) mass is 421 g/mol. The van der Waals surface area contributed by atoms with E-state index in [1.54, 1.807) is 5.09 Å². The fraction of sp³-hybridized carbons (Fsp3) is 0.538. The third-order valence-electron chi connectivity index (χ3n) is 3.76. The van der Waals surface area contributed by atoms with E-state index in [-0.39, 0.29) is 12.2 Å². The molecule has 2 rings (SSSR count). The van der Waals surface area contributed by atoms with Gasteiger partial charge in [-0.05, 0) is 6.07 Å². The SMILES string of the molecule is Nc1ccn([C@@H]2C[C@H](O)[C@@H](COP(=O)(O)NC(=O)[C@@H](N)CC(=O)O)O2)c(=O)n1. The van der Waals surface area contributed by atoms with Gasteiger partial charge in [-0.25, -0.2) is 9.36 Å². The fourth-order valence-corrected chi connectivity index (χ4v) is 3.25. The average molecular weight is 421 g/mol. The molecule has 0 saturated carbocycles. The van der Waals surface area contributed by atoms with Gasteiger partial charge in [0.05, 0.1) is 25.2 Å². The molecule has 1 unspecified atom stereocenters. The molecule has 28 heavy (non-hydrogen) atoms. The molecular weight excluding hydrogens is 401 g/mol. The molecule has 1 aliphatic rings. The Morgan fingerprint density at radius 1 is 1.54 bits per heavy atom. The smallest absolute Gasteiger partial charge is 0.432 e. The fourth-order valence-electron chi connectivity index (χ4n) is 2.39. The number of aliphatic carboxylic acids is 1. The zero-order chi connectivity index (χ0) is 21.1. The molecule has 1 amide bonds. The van der Waals surface area contributed by atoms with Crippen molar-refractivity contribution < 1.29 is 38.5 Å². The van der Waals surface area contributed by atoms with E-state index in [0.717, 1.165) is 4.57 Å². The highest BCUT2D eigenvalue weighted by atomic mass is 31.2. The van der Waals surface area contributed by atoms with E-state index in [1.807, 2.05) is 0 Å². The van der Waals surface area contributed by atoms with Crippen LogP contribution in [0.25, 0.3) is 0 Å². The normalized spacial score (nSPS) is 25.0. The lowest BCUT2D eigenvalue weighted by atomic mass is 10.2. The molecule has 1 saturated heterocycles. The van der Waals surface area contributed by atoms with E-state index in [0.29, 0.717) is 0 Å². The molecule has 0 radical (unpaired) electrons. The maximum Gasteiger partial charge on any atom is 0.432 e. The van der Waals surface area contributed by atoms with Gasteiger partial charge < -0.3 is 31.3 Å². The molecule has 14 nitrogen and oxygen atoms in total. The third-order valence-corrected chi connectivity index (χ3v) is 4.76. The van der Waals surface area contributed by atoms with Gasteiger partial charge in [0.25, 0.3) is 0 Å². The first-order valence-corrected chi connectivity index (χ1v) is 9.51. The van der Waals surface area contributed by atoms with Crippen LogP contribution in [0.1, 0.15) is 19.1 Å². The van der Waals surface area contributed by atoms with E-state index < -0.39 is 62.8 Å². The number of rotatable bonds is 8. The van der Waals surface area contributed by atoms with Gasteiger partial charge in [-0.3, -0.25) is 23.8 Å². The van der Waals surface area contributed by atoms with Crippen LogP contribution in [0.2, 0.25) is 0 Å². The zero-order valence-electron chi connectivity index (χ0n) is 14.4. The lowest BCUT2D eigenvalue weighted by molar-refractivity contribution is -0.139. The Bertz CT molecular complexity index is 846. The van der Waals surface area contributed by atoms with Gasteiger partial charge in [-0.2, -0.15) is 4.98 Å². The number of carboxylic acids is 1. The maximum absolute atomic E-state index is 11.9. The van der Waals surface area contributed by atoms with Crippen LogP contribution in [0.3, 0.4) is 0 Å². The molecule has 1 aliphatic heterocycles. The minimum Gasteiger partial charge on any atom is -0.481 e. The summed E-state index contributed by atoms with van der Waals surface area (Å²) in [5.41, 5.74) is 9.97. The number of hydrogen-bond donors (Lipinski definition) is 6. The van der Waals surface area contributed by atoms with E-state index >= 15 is 0 Å². The number of aliphatic hydroxyl groups excluding tert-OH is 1. The quantitative estimate of drug-likeness (QED) is 0.239. The molecule has 0 bridgehead atoms. The first-order valence-electron chi connectivity index (χ1n) is 7.93. The predicted octanol–water partition coefficient (Wildman–Crippen LogP) is -2.49. The largest absolute Gasteiger partial charge is 0.481 e. The topological polar surface area (TPSA) is 229 Å². The Kier molecular flexibility index (Phi) is 6.87. The lowest BCUT2D eigenvalue weighted by Gasteiger charge is -2.19. The van der Waals surface area contributed by atoms with Crippen molar-refractivity contribution in [1.29, 1.82) is 0 Å². The molecule has 0 aliphatic carbocycles. The van der Waals surface area contributed by atoms with Crippen molar-refractivity contribution in [2.45, 2.75) is 37.3 Å². The van der Waals surface area contributed by atoms with Crippen LogP contribution in [0.4, 0.5) is 5.82 Å². The van der Waals surface area contributed by atoms with Gasteiger partial charge in [-0.15, -0.1) is 0 Å². The van der Waals surface area contributed by atoms with Gasteiger partial charge in [0, 0.05) is 12.6 Å². The number of ether oxygens (including phenoxy) is 1. The number of nitrogen functional groups attached to an aromatic ring is 1. The number of carboxylic acid groups (broad SMARTS) is 1. The van der Waals surface area contributed by atoms with E-state index in [9.17, 15) is 28.9 Å². The van der Waals surface area contributed by atoms with E-state index in [1.165, 1.54) is 12.3 Å². The minimum absolute atomic E-state index is 0.0118. The van der Waals surface area contributed by atoms with Crippen molar-refractivity contribution in [3.05, 3.63) is 22.7 Å². The minimum atomic E-state index is -4.69. The first kappa shape index (κ1) is 21.9. The summed E-state index contributed by atoms with van der Waals surface area (Å²) in [7, 11) is -4.69. The number of nitrogens with two attached hydrogens (primary N) is 2. The summed E-state index contributed by atoms with van der Waals surface area (Å²) in [5, 5.41) is 20.2. The second-order valence-corrected chi connectivity index (χ2v) is 7.49. The van der Waals surface area contributed by atoms with Crippen LogP contribution in [0.5, 0.6) is 0 Å². The summed E-state index contributed by atoms with van der Waals surface area (Å²) in [6.45, 7) is -0.600. The number of aromatic nitrogens is 2. The Balaban J connectivity index is 1.92. The highest BCUT2D eigenvalue weighted by Gasteiger charge is 2.38. The average Bonchev–Trinajstić information content (AvgIpc) is 2.92. The van der Waals surface area contributed by atoms with E-state index in [4.69, 9.17) is 25.8 Å². The molecule has 156 valence electrons. The molecule has 5 atom stereocenters. The van der Waals surface area contributed by atoms with Gasteiger partial charge in [0.1, 0.15) is 18.1 Å². The van der Waals surface area contributed by atoms with Crippen molar-refractivity contribution >= 4 is 25.4 Å². The highest BCUT2D eigenvalue weighted by Crippen LogP contribution is 2.38. The highest BCUT2D eigenvalue weighted by molar-refractivity contribution is 7.51. The summed E-state index contributed by atoms with van der Waals surface area (Å²) >= 11 is 0. The Labute approximate surface area is 157 Å². The van der Waals surface area contributed by atoms with Gasteiger partial charge >= 0.3 is 19.4 Å². The van der Waals surface area contributed by atoms with Crippen LogP contribution in [0.15, 0.2) is 17.1 Å². The zero-order valence-corrected chi connectivity index (χ0v) is 15.3. The van der Waals surface area contributed by atoms with Gasteiger partial charge in [0.2, 0.25) is 5.91 Å². The van der Waals surface area contributed by atoms with Gasteiger partial charge in [0.15, 0.2) is 0 Å². The molecule has 1 aromatic heterocycles. The first-order chi connectivity index (χ1) is 13.0. The van der Waals surface area contributed by atoms with Crippen molar-refractivity contribution in [2.24, 2.45) is 5.73 Å². The summed E-state index contributed by atoms with van der Waals surface area (Å²) < 4.78 is 23.1. The Hall–Kier alpha value is -2.35. The summed E-state index contributed by atoms with van der Waals surface area (Å²) in [6.07, 6.45) is -2.57. The molecule has 1 fully saturated rings. The van der Waals surface area contributed by atoms with Crippen molar-refractivity contribution in [2.75, 3.05) is 12.3 Å². The number of carbonyl (C=O) groups is 2. The Morgan fingerprint density at radius 3 is 2.82 bits per heavy atom. The summed E-state index contributed by atoms with van der Waals surface area (Å²) in [5.74, 6) is -2.55. The molecule has 8 N–H and O–H groups in total. The molecule has 0 aromatic carbocycles. The molecule has 1 aromatic rings. The summed E-state index contributed by atoms with van der Waals surface area (Å²) in [4.78, 5) is 47.1. The lowest BCUT2D eigenvalue weighted by Crippen LogP contribution is -2.41. The Morgan fingerprint density at radius 2 is 2.21 bits per heavy atom. The number of aliphatic hydroxyl groups is 1. The second-order valence-electron chi connectivity index (χ2n) is 5.97. The second kappa shape index (κ2) is 8.77. The molecule has 15 heteroatoms. The number of amides is 1. The van der Waals surface area contributed by atoms with Crippen LogP contribution in [-0.4, -0.2) is 61.4 Å². The molecular formula is C13H20N5O9P. The standard InChI is InChI=1S/C13H20N5O9P/c14-6(3-11(20)21)12(22)17-28(24,25)26-5-8-7(19)4-10(27-8)18-2-1-9(15)16-13(18)23/h1-2,6-8,10,19H,3-5,14H2,(H,20,21)(H2,15,16,23)(H2,17,22,24,25)/t6-,7-,8+,10-/m0/s1. The summed E-state index contributed by atoms with van der Waals surface area (Å²) in [6, 6.07) is -0.192. The van der Waals surface area contributed by atoms with Crippen molar-refractivity contribution in [3.8, 4) is 0 Å². The third kappa shape index (κ3) is 5.82. The number of carbonyl (C=O) groups excluding carboxylic acids is 1. The molecule has 2 heterocycles. The number of anilines is 1. The predicted molar refractivity (Wildman–Crippen MR) is 91.6 cm³/mol. The van der Waals surface area contributed by atoms with Gasteiger partial charge in [-0.1, -0.05) is 0 Å². The maximum atomic E-state index is 11.9. The van der Waals surface area contributed by atoms with Crippen LogP contribution >= 0.6 is 7.75 Å². The number of hydrogen-bond acceptors (Lipinski definition) is 10.